The summed E-state index contributed by atoms with van der Waals surface area (Å²) in [6, 6.07) is 3.50. The maximum absolute atomic E-state index is 11.8. The molecule has 0 spiro atoms. The predicted molar refractivity (Wildman–Crippen MR) is 74.2 cm³/mol. The lowest BCUT2D eigenvalue weighted by Gasteiger charge is -2.08. The second-order valence-electron chi connectivity index (χ2n) is 4.21. The van der Waals surface area contributed by atoms with Crippen LogP contribution < -0.4 is 10.0 Å². The van der Waals surface area contributed by atoms with Crippen molar-refractivity contribution in [2.24, 2.45) is 0 Å². The van der Waals surface area contributed by atoms with Crippen molar-refractivity contribution in [3.8, 4) is 0 Å². The molecule has 0 radical (unpaired) electrons. The lowest BCUT2D eigenvalue weighted by molar-refractivity contribution is 0.593. The van der Waals surface area contributed by atoms with Gasteiger partial charge in [-0.3, -0.25) is 9.71 Å². The molecule has 0 saturated carbocycles. The van der Waals surface area contributed by atoms with Crippen molar-refractivity contribution in [3.05, 3.63) is 24.0 Å². The van der Waals surface area contributed by atoms with Crippen LogP contribution in [0.2, 0.25) is 0 Å². The third kappa shape index (κ3) is 5.97. The fraction of sp³-hybridized carbons (Fsp3) is 0.583. The Morgan fingerprint density at radius 3 is 2.67 bits per heavy atom. The molecule has 0 fully saturated rings. The number of hydrogen-bond acceptors (Lipinski definition) is 4. The van der Waals surface area contributed by atoms with Crippen LogP contribution in [0.5, 0.6) is 0 Å². The van der Waals surface area contributed by atoms with E-state index >= 15 is 0 Å². The quantitative estimate of drug-likeness (QED) is 0.703. The largest absolute Gasteiger partial charge is 0.317 e. The average molecular weight is 271 g/mol. The van der Waals surface area contributed by atoms with Gasteiger partial charge in [0.1, 0.15) is 0 Å². The van der Waals surface area contributed by atoms with Gasteiger partial charge in [-0.2, -0.15) is 0 Å². The maximum atomic E-state index is 11.8. The Balaban J connectivity index is 2.37. The minimum Gasteiger partial charge on any atom is -0.317 e. The van der Waals surface area contributed by atoms with E-state index < -0.39 is 10.0 Å². The van der Waals surface area contributed by atoms with Crippen molar-refractivity contribution in [1.29, 1.82) is 0 Å². The van der Waals surface area contributed by atoms with Gasteiger partial charge in [-0.05, 0) is 45.0 Å². The highest BCUT2D eigenvalue weighted by Crippen LogP contribution is 2.08. The van der Waals surface area contributed by atoms with Crippen LogP contribution in [-0.4, -0.2) is 32.2 Å². The Bertz CT molecular complexity index is 443. The van der Waals surface area contributed by atoms with E-state index in [-0.39, 0.29) is 5.75 Å². The predicted octanol–water partition coefficient (Wildman–Crippen LogP) is 1.52. The second kappa shape index (κ2) is 7.33. The van der Waals surface area contributed by atoms with Gasteiger partial charge in [0.25, 0.3) is 0 Å². The topological polar surface area (TPSA) is 71.1 Å². The van der Waals surface area contributed by atoms with Crippen LogP contribution in [0.1, 0.15) is 25.5 Å². The summed E-state index contributed by atoms with van der Waals surface area (Å²) < 4.78 is 26.0. The van der Waals surface area contributed by atoms with E-state index in [1.165, 1.54) is 6.20 Å². The molecule has 1 aromatic rings. The molecule has 1 aromatic heterocycles. The summed E-state index contributed by atoms with van der Waals surface area (Å²) >= 11 is 0. The Kier molecular flexibility index (Phi) is 6.07. The summed E-state index contributed by atoms with van der Waals surface area (Å²) in [5, 5.41) is 3.17. The Morgan fingerprint density at radius 1 is 1.28 bits per heavy atom. The molecule has 1 rings (SSSR count). The molecule has 0 bridgehead atoms. The summed E-state index contributed by atoms with van der Waals surface area (Å²) in [4.78, 5) is 4.04. The minimum atomic E-state index is -3.26. The lowest BCUT2D eigenvalue weighted by Crippen LogP contribution is -2.22. The van der Waals surface area contributed by atoms with Gasteiger partial charge >= 0.3 is 0 Å². The van der Waals surface area contributed by atoms with Crippen LogP contribution in [-0.2, 0) is 10.0 Å². The van der Waals surface area contributed by atoms with Crippen LogP contribution in [0.3, 0.4) is 0 Å². The summed E-state index contributed by atoms with van der Waals surface area (Å²) in [5.41, 5.74) is 1.38. The van der Waals surface area contributed by atoms with E-state index in [1.54, 1.807) is 12.1 Å². The number of nitrogens with zero attached hydrogens (tertiary/aromatic N) is 1. The fourth-order valence-corrected chi connectivity index (χ4v) is 2.55. The number of nitrogens with one attached hydrogen (secondary N) is 2. The first-order valence-corrected chi connectivity index (χ1v) is 7.82. The molecular formula is C12H21N3O2S. The fourth-order valence-electron chi connectivity index (χ4n) is 1.45. The van der Waals surface area contributed by atoms with Crippen molar-refractivity contribution in [1.82, 2.24) is 10.3 Å². The highest BCUT2D eigenvalue weighted by molar-refractivity contribution is 7.92. The third-order valence-corrected chi connectivity index (χ3v) is 3.75. The molecule has 5 nitrogen and oxygen atoms in total. The molecule has 102 valence electrons. The standard InChI is InChI=1S/C12H21N3O2S/c1-3-7-13-8-4-9-18(16,17)15-12-6-5-11(2)14-10-12/h5-6,10,13,15H,3-4,7-9H2,1-2H3. The third-order valence-electron chi connectivity index (χ3n) is 2.38. The van der Waals surface area contributed by atoms with E-state index in [1.807, 2.05) is 6.92 Å². The molecule has 1 heterocycles. The van der Waals surface area contributed by atoms with Crippen molar-refractivity contribution in [2.45, 2.75) is 26.7 Å². The molecule has 0 aliphatic heterocycles. The van der Waals surface area contributed by atoms with Crippen LogP contribution in [0.4, 0.5) is 5.69 Å². The summed E-state index contributed by atoms with van der Waals surface area (Å²) in [7, 11) is -3.26. The first-order chi connectivity index (χ1) is 8.53. The Hall–Kier alpha value is -1.14. The molecule has 0 aliphatic rings. The molecule has 18 heavy (non-hydrogen) atoms. The van der Waals surface area contributed by atoms with Gasteiger partial charge in [-0.15, -0.1) is 0 Å². The Labute approximate surface area is 109 Å². The minimum absolute atomic E-state index is 0.123. The highest BCUT2D eigenvalue weighted by Gasteiger charge is 2.09. The van der Waals surface area contributed by atoms with Gasteiger partial charge in [0.2, 0.25) is 10.0 Å². The number of hydrogen-bond donors (Lipinski definition) is 2. The van der Waals surface area contributed by atoms with E-state index in [9.17, 15) is 8.42 Å². The van der Waals surface area contributed by atoms with Gasteiger partial charge in [0.05, 0.1) is 17.6 Å². The molecule has 0 amide bonds. The number of anilines is 1. The van der Waals surface area contributed by atoms with E-state index in [0.717, 1.165) is 25.2 Å². The number of sulfonamides is 1. The van der Waals surface area contributed by atoms with Crippen LogP contribution in [0, 0.1) is 6.92 Å². The smallest absolute Gasteiger partial charge is 0.232 e. The first kappa shape index (κ1) is 14.9. The zero-order valence-corrected chi connectivity index (χ0v) is 11.8. The van der Waals surface area contributed by atoms with Crippen molar-refractivity contribution < 1.29 is 8.42 Å². The number of rotatable bonds is 8. The van der Waals surface area contributed by atoms with Gasteiger partial charge in [-0.25, -0.2) is 8.42 Å². The lowest BCUT2D eigenvalue weighted by atomic mass is 10.4. The molecule has 0 unspecified atom stereocenters. The monoisotopic (exact) mass is 271 g/mol. The molecule has 0 saturated heterocycles. The number of aryl methyl sites for hydroxylation is 1. The van der Waals surface area contributed by atoms with Crippen LogP contribution >= 0.6 is 0 Å². The summed E-state index contributed by atoms with van der Waals surface area (Å²) in [5.74, 6) is 0.123. The zero-order valence-electron chi connectivity index (χ0n) is 10.9. The molecule has 2 N–H and O–H groups in total. The first-order valence-electron chi connectivity index (χ1n) is 6.17. The SMILES string of the molecule is CCCNCCCS(=O)(=O)Nc1ccc(C)nc1. The van der Waals surface area contributed by atoms with E-state index in [4.69, 9.17) is 0 Å². The number of pyridine rings is 1. The van der Waals surface area contributed by atoms with Gasteiger partial charge < -0.3 is 5.32 Å². The average Bonchev–Trinajstić information content (AvgIpc) is 2.31. The molecule has 0 atom stereocenters. The molecule has 0 aliphatic carbocycles. The van der Waals surface area contributed by atoms with Crippen molar-refractivity contribution >= 4 is 15.7 Å². The van der Waals surface area contributed by atoms with Gasteiger partial charge in [0, 0.05) is 5.69 Å². The van der Waals surface area contributed by atoms with Crippen LogP contribution in [0.25, 0.3) is 0 Å². The van der Waals surface area contributed by atoms with Gasteiger partial charge in [0.15, 0.2) is 0 Å². The van der Waals surface area contributed by atoms with Gasteiger partial charge in [-0.1, -0.05) is 6.92 Å². The second-order valence-corrected chi connectivity index (χ2v) is 6.05. The van der Waals surface area contributed by atoms with Crippen LogP contribution in [0.15, 0.2) is 18.3 Å². The number of aromatic nitrogens is 1. The summed E-state index contributed by atoms with van der Waals surface area (Å²) in [6.07, 6.45) is 3.19. The van der Waals surface area contributed by atoms with Crippen molar-refractivity contribution in [2.75, 3.05) is 23.6 Å². The zero-order chi connectivity index (χ0) is 13.4. The maximum Gasteiger partial charge on any atom is 0.232 e. The molecular weight excluding hydrogens is 250 g/mol. The van der Waals surface area contributed by atoms with E-state index in [0.29, 0.717) is 12.1 Å². The Morgan fingerprint density at radius 2 is 2.06 bits per heavy atom. The molecule has 6 heteroatoms. The normalized spacial score (nSPS) is 11.4. The molecule has 0 aromatic carbocycles. The van der Waals surface area contributed by atoms with E-state index in [2.05, 4.69) is 21.9 Å². The highest BCUT2D eigenvalue weighted by atomic mass is 32.2. The van der Waals surface area contributed by atoms with Crippen molar-refractivity contribution in [3.63, 3.8) is 0 Å². The summed E-state index contributed by atoms with van der Waals surface area (Å²) in [6.45, 7) is 5.59.